The van der Waals surface area contributed by atoms with Gasteiger partial charge < -0.3 is 28.6 Å². The van der Waals surface area contributed by atoms with Gasteiger partial charge in [-0.1, -0.05) is 18.2 Å². The lowest BCUT2D eigenvalue weighted by Gasteiger charge is -2.33. The van der Waals surface area contributed by atoms with Crippen LogP contribution in [0, 0.1) is 0 Å². The number of amides is 2. The van der Waals surface area contributed by atoms with Crippen LogP contribution >= 0.6 is 0 Å². The number of piperazine rings is 1. The van der Waals surface area contributed by atoms with Crippen molar-refractivity contribution in [1.29, 1.82) is 0 Å². The number of hydrogen-bond acceptors (Lipinski definition) is 7. The van der Waals surface area contributed by atoms with E-state index < -0.39 is 18.0 Å². The van der Waals surface area contributed by atoms with Crippen LogP contribution in [-0.4, -0.2) is 84.8 Å². The highest BCUT2D eigenvalue weighted by Gasteiger charge is 2.25. The normalized spacial score (nSPS) is 13.7. The van der Waals surface area contributed by atoms with Crippen molar-refractivity contribution in [1.82, 2.24) is 14.4 Å². The number of rotatable bonds is 6. The molecule has 2 heterocycles. The van der Waals surface area contributed by atoms with Gasteiger partial charge in [0.1, 0.15) is 6.54 Å². The first-order chi connectivity index (χ1) is 14.9. The number of carbonyl (C=O) groups excluding carboxylic acids is 4. The summed E-state index contributed by atoms with van der Waals surface area (Å²) in [5.41, 5.74) is 1.03. The predicted octanol–water partition coefficient (Wildman–Crippen LogP) is 1.27. The minimum absolute atomic E-state index is 0.151. The summed E-state index contributed by atoms with van der Waals surface area (Å²) in [6.07, 6.45) is 1.14. The number of para-hydroxylation sites is 1. The van der Waals surface area contributed by atoms with Gasteiger partial charge in [0.05, 0.1) is 19.3 Å². The fourth-order valence-corrected chi connectivity index (χ4v) is 3.42. The first-order valence-corrected chi connectivity index (χ1v) is 9.95. The molecule has 1 aromatic heterocycles. The Morgan fingerprint density at radius 1 is 0.968 bits per heavy atom. The van der Waals surface area contributed by atoms with Gasteiger partial charge in [-0.3, -0.25) is 9.59 Å². The van der Waals surface area contributed by atoms with Crippen molar-refractivity contribution in [2.45, 2.75) is 13.5 Å². The van der Waals surface area contributed by atoms with E-state index in [0.717, 1.165) is 0 Å². The number of hydrogen-bond donors (Lipinski definition) is 0. The number of ether oxygens (including phenoxy) is 3. The SMILES string of the molecule is CCOC(=O)N1CCN(C(=O)COC(=O)Cn2cc(C(=O)OC)c3ccccc32)CC1. The Hall–Kier alpha value is -3.56. The fraction of sp³-hybridized carbons (Fsp3) is 0.429. The zero-order chi connectivity index (χ0) is 22.4. The van der Waals surface area contributed by atoms with Crippen molar-refractivity contribution in [3.63, 3.8) is 0 Å². The summed E-state index contributed by atoms with van der Waals surface area (Å²) in [6, 6.07) is 7.13. The van der Waals surface area contributed by atoms with E-state index in [9.17, 15) is 19.2 Å². The lowest BCUT2D eigenvalue weighted by molar-refractivity contribution is -0.153. The molecule has 1 fully saturated rings. The van der Waals surface area contributed by atoms with Gasteiger partial charge in [-0.15, -0.1) is 0 Å². The Bertz CT molecular complexity index is 977. The number of esters is 2. The van der Waals surface area contributed by atoms with Crippen LogP contribution in [0.2, 0.25) is 0 Å². The second kappa shape index (κ2) is 9.96. The number of methoxy groups -OCH3 is 1. The number of nitrogens with zero attached hydrogens (tertiary/aromatic N) is 3. The van der Waals surface area contributed by atoms with Gasteiger partial charge in [-0.2, -0.15) is 0 Å². The molecule has 2 amide bonds. The van der Waals surface area contributed by atoms with Crippen molar-refractivity contribution in [2.24, 2.45) is 0 Å². The highest BCUT2D eigenvalue weighted by atomic mass is 16.6. The topological polar surface area (TPSA) is 107 Å². The van der Waals surface area contributed by atoms with E-state index in [-0.39, 0.29) is 19.1 Å². The number of carbonyl (C=O) groups is 4. The Morgan fingerprint density at radius 2 is 1.65 bits per heavy atom. The van der Waals surface area contributed by atoms with E-state index in [0.29, 0.717) is 49.3 Å². The summed E-state index contributed by atoms with van der Waals surface area (Å²) in [6.45, 7) is 2.92. The molecule has 1 saturated heterocycles. The molecule has 0 atom stereocenters. The molecule has 166 valence electrons. The highest BCUT2D eigenvalue weighted by molar-refractivity contribution is 6.04. The van der Waals surface area contributed by atoms with Crippen LogP contribution < -0.4 is 0 Å². The van der Waals surface area contributed by atoms with Crippen LogP contribution in [0.15, 0.2) is 30.5 Å². The van der Waals surface area contributed by atoms with Crippen molar-refractivity contribution in [3.8, 4) is 0 Å². The quantitative estimate of drug-likeness (QED) is 0.501. The molecule has 0 saturated carbocycles. The largest absolute Gasteiger partial charge is 0.465 e. The molecule has 0 unspecified atom stereocenters. The zero-order valence-electron chi connectivity index (χ0n) is 17.5. The first-order valence-electron chi connectivity index (χ1n) is 9.95. The average Bonchev–Trinajstić information content (AvgIpc) is 3.15. The zero-order valence-corrected chi connectivity index (χ0v) is 17.5. The van der Waals surface area contributed by atoms with Crippen LogP contribution in [0.25, 0.3) is 10.9 Å². The van der Waals surface area contributed by atoms with Crippen LogP contribution in [-0.2, 0) is 30.3 Å². The molecule has 0 spiro atoms. The van der Waals surface area contributed by atoms with Crippen LogP contribution in [0.1, 0.15) is 17.3 Å². The van der Waals surface area contributed by atoms with E-state index in [1.54, 1.807) is 40.7 Å². The summed E-state index contributed by atoms with van der Waals surface area (Å²) < 4.78 is 16.5. The molecule has 1 aliphatic rings. The highest BCUT2D eigenvalue weighted by Crippen LogP contribution is 2.22. The molecule has 10 heteroatoms. The third-order valence-electron chi connectivity index (χ3n) is 5.01. The van der Waals surface area contributed by atoms with Gasteiger partial charge >= 0.3 is 18.0 Å². The van der Waals surface area contributed by atoms with Gasteiger partial charge in [-0.05, 0) is 13.0 Å². The van der Waals surface area contributed by atoms with Gasteiger partial charge in [0, 0.05) is 43.3 Å². The van der Waals surface area contributed by atoms with E-state index in [1.807, 2.05) is 0 Å². The van der Waals surface area contributed by atoms with Crippen molar-refractivity contribution in [3.05, 3.63) is 36.0 Å². The monoisotopic (exact) mass is 431 g/mol. The summed E-state index contributed by atoms with van der Waals surface area (Å²) in [5.74, 6) is -1.43. The summed E-state index contributed by atoms with van der Waals surface area (Å²) >= 11 is 0. The predicted molar refractivity (Wildman–Crippen MR) is 109 cm³/mol. The minimum atomic E-state index is -0.601. The Balaban J connectivity index is 1.54. The van der Waals surface area contributed by atoms with Gasteiger partial charge in [0.25, 0.3) is 5.91 Å². The van der Waals surface area contributed by atoms with E-state index >= 15 is 0 Å². The summed E-state index contributed by atoms with van der Waals surface area (Å²) in [4.78, 5) is 51.4. The molecule has 3 rings (SSSR count). The Morgan fingerprint density at radius 3 is 2.32 bits per heavy atom. The lowest BCUT2D eigenvalue weighted by Crippen LogP contribution is -2.51. The lowest BCUT2D eigenvalue weighted by atomic mass is 10.2. The van der Waals surface area contributed by atoms with Gasteiger partial charge in [0.15, 0.2) is 6.61 Å². The molecular weight excluding hydrogens is 406 g/mol. The average molecular weight is 431 g/mol. The van der Waals surface area contributed by atoms with Crippen LogP contribution in [0.3, 0.4) is 0 Å². The second-order valence-electron chi connectivity index (χ2n) is 6.91. The molecule has 10 nitrogen and oxygen atoms in total. The number of benzene rings is 1. The van der Waals surface area contributed by atoms with E-state index in [4.69, 9.17) is 14.2 Å². The molecule has 31 heavy (non-hydrogen) atoms. The second-order valence-corrected chi connectivity index (χ2v) is 6.91. The van der Waals surface area contributed by atoms with Crippen LogP contribution in [0.5, 0.6) is 0 Å². The summed E-state index contributed by atoms with van der Waals surface area (Å²) in [7, 11) is 1.29. The molecule has 0 aliphatic carbocycles. The minimum Gasteiger partial charge on any atom is -0.465 e. The molecule has 0 N–H and O–H groups in total. The van der Waals surface area contributed by atoms with E-state index in [2.05, 4.69) is 0 Å². The Kier molecular flexibility index (Phi) is 7.11. The standard InChI is InChI=1S/C21H25N3O7/c1-3-30-21(28)23-10-8-22(9-11-23)18(25)14-31-19(26)13-24-12-16(20(27)29-2)15-6-4-5-7-17(15)24/h4-7,12H,3,8-11,13-14H2,1-2H3. The maximum Gasteiger partial charge on any atom is 0.409 e. The smallest absolute Gasteiger partial charge is 0.409 e. The van der Waals surface area contributed by atoms with Crippen molar-refractivity contribution >= 4 is 34.8 Å². The molecule has 0 radical (unpaired) electrons. The van der Waals surface area contributed by atoms with E-state index in [1.165, 1.54) is 18.2 Å². The Labute approximate surface area is 179 Å². The molecular formula is C21H25N3O7. The molecule has 1 aromatic carbocycles. The third kappa shape index (κ3) is 5.14. The molecule has 0 bridgehead atoms. The van der Waals surface area contributed by atoms with Crippen LogP contribution in [0.4, 0.5) is 4.79 Å². The van der Waals surface area contributed by atoms with Crippen molar-refractivity contribution < 1.29 is 33.4 Å². The first kappa shape index (κ1) is 22.1. The molecule has 1 aliphatic heterocycles. The molecule has 2 aromatic rings. The number of aromatic nitrogens is 1. The summed E-state index contributed by atoms with van der Waals surface area (Å²) in [5, 5.41) is 0.665. The number of fused-ring (bicyclic) bond motifs is 1. The van der Waals surface area contributed by atoms with Crippen molar-refractivity contribution in [2.75, 3.05) is 46.5 Å². The fourth-order valence-electron chi connectivity index (χ4n) is 3.42. The maximum atomic E-state index is 12.3. The third-order valence-corrected chi connectivity index (χ3v) is 5.01. The maximum absolute atomic E-state index is 12.3. The van der Waals surface area contributed by atoms with Gasteiger partial charge in [0.2, 0.25) is 0 Å². The van der Waals surface area contributed by atoms with Gasteiger partial charge in [-0.25, -0.2) is 9.59 Å².